The van der Waals surface area contributed by atoms with E-state index in [0.717, 1.165) is 0 Å². The highest BCUT2D eigenvalue weighted by Gasteiger charge is 2.09. The maximum atomic E-state index is 10.3. The van der Waals surface area contributed by atoms with Gasteiger partial charge >= 0.3 is 5.97 Å². The third-order valence-electron chi connectivity index (χ3n) is 2.70. The van der Waals surface area contributed by atoms with Gasteiger partial charge in [0.2, 0.25) is 0 Å². The van der Waals surface area contributed by atoms with Crippen LogP contribution in [-0.4, -0.2) is 27.0 Å². The van der Waals surface area contributed by atoms with E-state index in [1.807, 2.05) is 30.3 Å². The molecule has 0 saturated heterocycles. The number of aliphatic hydroxyl groups is 1. The van der Waals surface area contributed by atoms with Crippen molar-refractivity contribution in [1.82, 2.24) is 5.32 Å². The Labute approximate surface area is 129 Å². The summed E-state index contributed by atoms with van der Waals surface area (Å²) >= 11 is 0. The first-order chi connectivity index (χ1) is 10.3. The Morgan fingerprint density at radius 3 is 2.05 bits per heavy atom. The number of aromatic hydroxyl groups is 1. The van der Waals surface area contributed by atoms with Crippen LogP contribution in [0.3, 0.4) is 0 Å². The van der Waals surface area contributed by atoms with Gasteiger partial charge in [0.15, 0.2) is 0 Å². The van der Waals surface area contributed by atoms with Crippen molar-refractivity contribution in [2.24, 2.45) is 0 Å². The van der Waals surface area contributed by atoms with Crippen LogP contribution in [0.1, 0.15) is 29.8 Å². The zero-order chi connectivity index (χ0) is 16.6. The second-order valence-electron chi connectivity index (χ2n) is 5.22. The molecule has 2 aromatic carbocycles. The molecule has 0 bridgehead atoms. The summed E-state index contributed by atoms with van der Waals surface area (Å²) in [6.45, 7) is 4.16. The Kier molecular flexibility index (Phi) is 6.56. The number of phenols is 1. The molecule has 0 radical (unpaired) electrons. The number of aromatic carboxylic acids is 1. The first-order valence-corrected chi connectivity index (χ1v) is 6.82. The minimum Gasteiger partial charge on any atom is -0.507 e. The average Bonchev–Trinajstić information content (AvgIpc) is 2.46. The van der Waals surface area contributed by atoms with Gasteiger partial charge in [-0.2, -0.15) is 0 Å². The number of benzene rings is 2. The SMILES string of the molecule is CC(C)(O)NCc1ccccc1.O=C(O)c1ccccc1O. The van der Waals surface area contributed by atoms with Crippen LogP contribution >= 0.6 is 0 Å². The summed E-state index contributed by atoms with van der Waals surface area (Å²) in [5.41, 5.74) is 0.317. The lowest BCUT2D eigenvalue weighted by Crippen LogP contribution is -2.38. The number of carbonyl (C=O) groups is 1. The third-order valence-corrected chi connectivity index (χ3v) is 2.70. The predicted molar refractivity (Wildman–Crippen MR) is 84.6 cm³/mol. The largest absolute Gasteiger partial charge is 0.507 e. The van der Waals surface area contributed by atoms with Crippen LogP contribution < -0.4 is 5.32 Å². The number of nitrogens with one attached hydrogen (secondary N) is 1. The Bertz CT molecular complexity index is 591. The Hall–Kier alpha value is -2.37. The smallest absolute Gasteiger partial charge is 0.339 e. The number of hydrogen-bond acceptors (Lipinski definition) is 4. The molecule has 4 N–H and O–H groups in total. The summed E-state index contributed by atoms with van der Waals surface area (Å²) < 4.78 is 0. The molecule has 0 aliphatic heterocycles. The topological polar surface area (TPSA) is 89.8 Å². The zero-order valence-corrected chi connectivity index (χ0v) is 12.7. The van der Waals surface area contributed by atoms with E-state index in [0.29, 0.717) is 6.54 Å². The van der Waals surface area contributed by atoms with Gasteiger partial charge in [-0.1, -0.05) is 42.5 Å². The minimum atomic E-state index is -1.11. The van der Waals surface area contributed by atoms with Crippen LogP contribution in [0, 0.1) is 0 Å². The Balaban J connectivity index is 0.000000224. The molecule has 0 aliphatic carbocycles. The van der Waals surface area contributed by atoms with Crippen molar-refractivity contribution in [2.75, 3.05) is 0 Å². The highest BCUT2D eigenvalue weighted by Crippen LogP contribution is 2.14. The van der Waals surface area contributed by atoms with Gasteiger partial charge in [-0.3, -0.25) is 5.32 Å². The van der Waals surface area contributed by atoms with Crippen molar-refractivity contribution in [1.29, 1.82) is 0 Å². The van der Waals surface area contributed by atoms with E-state index in [1.54, 1.807) is 26.0 Å². The molecule has 0 aromatic heterocycles. The highest BCUT2D eigenvalue weighted by molar-refractivity contribution is 5.90. The van der Waals surface area contributed by atoms with Crippen molar-refractivity contribution in [3.05, 3.63) is 65.7 Å². The van der Waals surface area contributed by atoms with Crippen LogP contribution in [0.15, 0.2) is 54.6 Å². The molecule has 5 nitrogen and oxygen atoms in total. The maximum Gasteiger partial charge on any atom is 0.339 e. The minimum absolute atomic E-state index is 0.0671. The van der Waals surface area contributed by atoms with E-state index in [1.165, 1.54) is 17.7 Å². The van der Waals surface area contributed by atoms with E-state index < -0.39 is 11.7 Å². The quantitative estimate of drug-likeness (QED) is 0.652. The normalized spacial score (nSPS) is 10.5. The Morgan fingerprint density at radius 1 is 1.05 bits per heavy atom. The summed E-state index contributed by atoms with van der Waals surface area (Å²) in [6.07, 6.45) is 0. The van der Waals surface area contributed by atoms with E-state index in [4.69, 9.17) is 10.2 Å². The molecule has 22 heavy (non-hydrogen) atoms. The van der Waals surface area contributed by atoms with E-state index in [9.17, 15) is 9.90 Å². The molecule has 2 aromatic rings. The average molecular weight is 303 g/mol. The lowest BCUT2D eigenvalue weighted by Gasteiger charge is -2.18. The molecule has 0 aliphatic rings. The van der Waals surface area contributed by atoms with Gasteiger partial charge in [-0.25, -0.2) is 4.79 Å². The van der Waals surface area contributed by atoms with E-state index in [2.05, 4.69) is 5.32 Å². The Morgan fingerprint density at radius 2 is 1.59 bits per heavy atom. The number of carboxylic acids is 1. The molecule has 2 rings (SSSR count). The maximum absolute atomic E-state index is 10.3. The summed E-state index contributed by atoms with van der Waals surface area (Å²) in [6, 6.07) is 15.8. The van der Waals surface area contributed by atoms with Crippen molar-refractivity contribution in [2.45, 2.75) is 26.1 Å². The molecule has 0 unspecified atom stereocenters. The van der Waals surface area contributed by atoms with Gasteiger partial charge in [0.05, 0.1) is 0 Å². The van der Waals surface area contributed by atoms with Crippen molar-refractivity contribution >= 4 is 5.97 Å². The third kappa shape index (κ3) is 6.88. The fourth-order valence-electron chi connectivity index (χ4n) is 1.57. The van der Waals surface area contributed by atoms with E-state index in [-0.39, 0.29) is 11.3 Å². The van der Waals surface area contributed by atoms with Crippen molar-refractivity contribution in [3.8, 4) is 5.75 Å². The second-order valence-corrected chi connectivity index (χ2v) is 5.22. The summed E-state index contributed by atoms with van der Waals surface area (Å²) in [4.78, 5) is 10.3. The fraction of sp³-hybridized carbons (Fsp3) is 0.235. The van der Waals surface area contributed by atoms with Gasteiger partial charge < -0.3 is 15.3 Å². The molecule has 0 spiro atoms. The molecule has 0 atom stereocenters. The van der Waals surface area contributed by atoms with Crippen LogP contribution in [0.4, 0.5) is 0 Å². The van der Waals surface area contributed by atoms with Gasteiger partial charge in [0.1, 0.15) is 17.0 Å². The number of para-hydroxylation sites is 1. The zero-order valence-electron chi connectivity index (χ0n) is 12.7. The van der Waals surface area contributed by atoms with Gasteiger partial charge in [0.25, 0.3) is 0 Å². The highest BCUT2D eigenvalue weighted by atomic mass is 16.4. The molecule has 118 valence electrons. The van der Waals surface area contributed by atoms with Crippen LogP contribution in [0.5, 0.6) is 5.75 Å². The lowest BCUT2D eigenvalue weighted by atomic mass is 10.2. The summed E-state index contributed by atoms with van der Waals surface area (Å²) in [5, 5.41) is 29.7. The van der Waals surface area contributed by atoms with Crippen LogP contribution in [0.25, 0.3) is 0 Å². The first kappa shape index (κ1) is 17.7. The van der Waals surface area contributed by atoms with E-state index >= 15 is 0 Å². The van der Waals surface area contributed by atoms with Gasteiger partial charge in [-0.05, 0) is 31.5 Å². The van der Waals surface area contributed by atoms with Crippen molar-refractivity contribution < 1.29 is 20.1 Å². The fourth-order valence-corrected chi connectivity index (χ4v) is 1.57. The van der Waals surface area contributed by atoms with Crippen molar-refractivity contribution in [3.63, 3.8) is 0 Å². The molecule has 0 saturated carbocycles. The number of hydrogen-bond donors (Lipinski definition) is 4. The number of carboxylic acid groups (broad SMARTS) is 1. The van der Waals surface area contributed by atoms with Gasteiger partial charge in [-0.15, -0.1) is 0 Å². The predicted octanol–water partition coefficient (Wildman–Crippen LogP) is 2.60. The molecular weight excluding hydrogens is 282 g/mol. The number of rotatable bonds is 4. The van der Waals surface area contributed by atoms with Crippen LogP contribution in [0.2, 0.25) is 0 Å². The second kappa shape index (κ2) is 8.17. The lowest BCUT2D eigenvalue weighted by molar-refractivity contribution is 0.0416. The molecule has 0 amide bonds. The summed E-state index contributed by atoms with van der Waals surface area (Å²) in [5.74, 6) is -1.31. The molecular formula is C17H21NO4. The molecule has 0 heterocycles. The summed E-state index contributed by atoms with van der Waals surface area (Å²) in [7, 11) is 0. The first-order valence-electron chi connectivity index (χ1n) is 6.82. The van der Waals surface area contributed by atoms with Crippen LogP contribution in [-0.2, 0) is 6.54 Å². The monoisotopic (exact) mass is 303 g/mol. The standard InChI is InChI=1S/C10H15NO.C7H6O3/c1-10(2,12)11-8-9-6-4-3-5-7-9;8-6-4-2-1-3-5(6)7(9)10/h3-7,11-12H,8H2,1-2H3;1-4,8H,(H,9,10). The van der Waals surface area contributed by atoms with Gasteiger partial charge in [0, 0.05) is 6.54 Å². The molecule has 5 heteroatoms. The molecule has 0 fully saturated rings.